The molecule has 3 rings (SSSR count). The maximum absolute atomic E-state index is 14.1. The highest BCUT2D eigenvalue weighted by Gasteiger charge is 2.40. The van der Waals surface area contributed by atoms with E-state index in [1.165, 1.54) is 0 Å². The van der Waals surface area contributed by atoms with Gasteiger partial charge in [0.2, 0.25) is 5.91 Å². The summed E-state index contributed by atoms with van der Waals surface area (Å²) < 4.78 is 27.6. The van der Waals surface area contributed by atoms with Crippen molar-refractivity contribution in [2.24, 2.45) is 11.8 Å². The zero-order chi connectivity index (χ0) is 16.6. The number of carbonyl (C=O) groups excluding carboxylic acids is 1. The summed E-state index contributed by atoms with van der Waals surface area (Å²) >= 11 is 0. The molecule has 126 valence electrons. The summed E-state index contributed by atoms with van der Waals surface area (Å²) in [5, 5.41) is 9.98. The van der Waals surface area contributed by atoms with Crippen LogP contribution < -0.4 is 0 Å². The number of aliphatic hydroxyl groups is 1. The van der Waals surface area contributed by atoms with Gasteiger partial charge in [0, 0.05) is 18.0 Å². The minimum absolute atomic E-state index is 0.0261. The van der Waals surface area contributed by atoms with Gasteiger partial charge in [-0.05, 0) is 43.4 Å². The van der Waals surface area contributed by atoms with Gasteiger partial charge < -0.3 is 10.0 Å². The molecule has 1 N–H and O–H groups in total. The Morgan fingerprint density at radius 1 is 1.26 bits per heavy atom. The second-order valence-electron chi connectivity index (χ2n) is 7.03. The van der Waals surface area contributed by atoms with Crippen molar-refractivity contribution < 1.29 is 18.7 Å². The smallest absolute Gasteiger partial charge is 0.226 e. The third kappa shape index (κ3) is 3.39. The maximum atomic E-state index is 14.1. The Kier molecular flexibility index (Phi) is 4.67. The Morgan fingerprint density at radius 3 is 2.78 bits per heavy atom. The Balaban J connectivity index is 1.84. The standard InChI is InChI=1S/C18H23F2NO2/c1-11-3-2-4-12(7-11)18(23)21-10-14(22)9-17(21)15-8-13(19)5-6-16(15)20/h5-6,8,11-12,14,17,22H,2-4,7,9-10H2,1H3. The van der Waals surface area contributed by atoms with Gasteiger partial charge in [-0.2, -0.15) is 0 Å². The Hall–Kier alpha value is -1.49. The summed E-state index contributed by atoms with van der Waals surface area (Å²) in [7, 11) is 0. The van der Waals surface area contributed by atoms with Gasteiger partial charge >= 0.3 is 0 Å². The molecule has 1 aliphatic carbocycles. The first-order valence-corrected chi connectivity index (χ1v) is 8.39. The van der Waals surface area contributed by atoms with E-state index in [0.717, 1.165) is 43.9 Å². The highest BCUT2D eigenvalue weighted by atomic mass is 19.1. The fraction of sp³-hybridized carbons (Fsp3) is 0.611. The number of aliphatic hydroxyl groups excluding tert-OH is 1. The number of benzene rings is 1. The van der Waals surface area contributed by atoms with Gasteiger partial charge in [-0.3, -0.25) is 4.79 Å². The van der Waals surface area contributed by atoms with E-state index < -0.39 is 23.8 Å². The van der Waals surface area contributed by atoms with Crippen LogP contribution in [0.15, 0.2) is 18.2 Å². The van der Waals surface area contributed by atoms with Crippen LogP contribution in [0.4, 0.5) is 8.78 Å². The maximum Gasteiger partial charge on any atom is 0.226 e. The number of halogens is 2. The first kappa shape index (κ1) is 16.4. The Morgan fingerprint density at radius 2 is 2.04 bits per heavy atom. The second kappa shape index (κ2) is 6.56. The lowest BCUT2D eigenvalue weighted by Gasteiger charge is -2.32. The van der Waals surface area contributed by atoms with Gasteiger partial charge in [0.25, 0.3) is 0 Å². The Bertz CT molecular complexity index is 592. The van der Waals surface area contributed by atoms with Gasteiger partial charge in [-0.1, -0.05) is 19.8 Å². The molecule has 1 heterocycles. The molecule has 0 aromatic heterocycles. The van der Waals surface area contributed by atoms with Crippen LogP contribution in [0.25, 0.3) is 0 Å². The van der Waals surface area contributed by atoms with Gasteiger partial charge in [-0.25, -0.2) is 8.78 Å². The van der Waals surface area contributed by atoms with E-state index in [1.807, 2.05) is 0 Å². The predicted molar refractivity (Wildman–Crippen MR) is 82.6 cm³/mol. The lowest BCUT2D eigenvalue weighted by atomic mass is 9.81. The molecular formula is C18H23F2NO2. The van der Waals surface area contributed by atoms with E-state index in [2.05, 4.69) is 6.92 Å². The SMILES string of the molecule is CC1CCCC(C(=O)N2CC(O)CC2c2cc(F)ccc2F)C1. The number of amides is 1. The van der Waals surface area contributed by atoms with Crippen molar-refractivity contribution >= 4 is 5.91 Å². The van der Waals surface area contributed by atoms with Gasteiger partial charge in [0.1, 0.15) is 11.6 Å². The van der Waals surface area contributed by atoms with Crippen LogP contribution in [-0.2, 0) is 4.79 Å². The average molecular weight is 323 g/mol. The predicted octanol–water partition coefficient (Wildman–Crippen LogP) is 3.43. The van der Waals surface area contributed by atoms with Crippen molar-refractivity contribution in [3.63, 3.8) is 0 Å². The zero-order valence-electron chi connectivity index (χ0n) is 13.3. The number of hydrogen-bond acceptors (Lipinski definition) is 2. The molecule has 4 atom stereocenters. The number of nitrogens with zero attached hydrogens (tertiary/aromatic N) is 1. The first-order chi connectivity index (χ1) is 11.0. The van der Waals surface area contributed by atoms with Crippen LogP contribution in [-0.4, -0.2) is 28.6 Å². The van der Waals surface area contributed by atoms with Crippen molar-refractivity contribution in [3.8, 4) is 0 Å². The van der Waals surface area contributed by atoms with E-state index in [1.54, 1.807) is 4.90 Å². The van der Waals surface area contributed by atoms with Gasteiger partial charge in [0.15, 0.2) is 0 Å². The molecule has 3 nitrogen and oxygen atoms in total. The Labute approximate surface area is 135 Å². The second-order valence-corrected chi connectivity index (χ2v) is 7.03. The zero-order valence-corrected chi connectivity index (χ0v) is 13.3. The van der Waals surface area contributed by atoms with Crippen LogP contribution in [0, 0.1) is 23.5 Å². The summed E-state index contributed by atoms with van der Waals surface area (Å²) in [6.45, 7) is 2.34. The van der Waals surface area contributed by atoms with Gasteiger partial charge in [0.05, 0.1) is 12.1 Å². The van der Waals surface area contributed by atoms with Gasteiger partial charge in [-0.15, -0.1) is 0 Å². The minimum Gasteiger partial charge on any atom is -0.391 e. The molecule has 0 bridgehead atoms. The van der Waals surface area contributed by atoms with E-state index in [9.17, 15) is 18.7 Å². The van der Waals surface area contributed by atoms with Crippen LogP contribution >= 0.6 is 0 Å². The molecule has 2 aliphatic rings. The highest BCUT2D eigenvalue weighted by molar-refractivity contribution is 5.80. The summed E-state index contributed by atoms with van der Waals surface area (Å²) in [5.41, 5.74) is 0.166. The molecule has 1 saturated carbocycles. The molecule has 1 aliphatic heterocycles. The summed E-state index contributed by atoms with van der Waals surface area (Å²) in [6, 6.07) is 2.72. The molecule has 4 unspecified atom stereocenters. The van der Waals surface area contributed by atoms with Crippen LogP contribution in [0.3, 0.4) is 0 Å². The average Bonchev–Trinajstić information content (AvgIpc) is 2.90. The lowest BCUT2D eigenvalue weighted by molar-refractivity contribution is -0.138. The summed E-state index contributed by atoms with van der Waals surface area (Å²) in [5.74, 6) is -0.638. The molecule has 2 fully saturated rings. The quantitative estimate of drug-likeness (QED) is 0.906. The van der Waals surface area contributed by atoms with E-state index in [0.29, 0.717) is 5.92 Å². The number of β-amino-alcohol motifs (C(OH)–C–C–N with tert-alkyl or cyclic N) is 1. The van der Waals surface area contributed by atoms with E-state index in [4.69, 9.17) is 0 Å². The third-order valence-electron chi connectivity index (χ3n) is 5.16. The topological polar surface area (TPSA) is 40.5 Å². The number of hydrogen-bond donors (Lipinski definition) is 1. The molecule has 0 radical (unpaired) electrons. The summed E-state index contributed by atoms with van der Waals surface area (Å²) in [6.07, 6.45) is 3.40. The summed E-state index contributed by atoms with van der Waals surface area (Å²) in [4.78, 5) is 14.4. The molecule has 5 heteroatoms. The molecule has 1 aromatic carbocycles. The number of carbonyl (C=O) groups is 1. The van der Waals surface area contributed by atoms with E-state index in [-0.39, 0.29) is 30.4 Å². The third-order valence-corrected chi connectivity index (χ3v) is 5.16. The fourth-order valence-corrected chi connectivity index (χ4v) is 4.02. The van der Waals surface area contributed by atoms with Crippen molar-refractivity contribution in [3.05, 3.63) is 35.4 Å². The van der Waals surface area contributed by atoms with Crippen LogP contribution in [0.2, 0.25) is 0 Å². The molecule has 0 spiro atoms. The van der Waals surface area contributed by atoms with Crippen molar-refractivity contribution in [1.82, 2.24) is 4.90 Å². The largest absolute Gasteiger partial charge is 0.391 e. The molecule has 1 aromatic rings. The lowest BCUT2D eigenvalue weighted by Crippen LogP contribution is -2.38. The highest BCUT2D eigenvalue weighted by Crippen LogP contribution is 2.38. The monoisotopic (exact) mass is 323 g/mol. The molecule has 1 amide bonds. The molecule has 23 heavy (non-hydrogen) atoms. The van der Waals surface area contributed by atoms with E-state index >= 15 is 0 Å². The molecular weight excluding hydrogens is 300 g/mol. The number of rotatable bonds is 2. The minimum atomic E-state index is -0.687. The molecule has 1 saturated heterocycles. The van der Waals surface area contributed by atoms with Crippen LogP contribution in [0.5, 0.6) is 0 Å². The van der Waals surface area contributed by atoms with Crippen molar-refractivity contribution in [2.45, 2.75) is 51.2 Å². The number of likely N-dealkylation sites (tertiary alicyclic amines) is 1. The van der Waals surface area contributed by atoms with Crippen molar-refractivity contribution in [1.29, 1.82) is 0 Å². The fourth-order valence-electron chi connectivity index (χ4n) is 4.02. The normalized spacial score (nSPS) is 31.4. The first-order valence-electron chi connectivity index (χ1n) is 8.39. The van der Waals surface area contributed by atoms with Crippen LogP contribution in [0.1, 0.15) is 50.6 Å². The van der Waals surface area contributed by atoms with Crippen molar-refractivity contribution in [2.75, 3.05) is 6.54 Å².